The number of hydrogen-bond acceptors (Lipinski definition) is 6. The lowest BCUT2D eigenvalue weighted by Crippen LogP contribution is -2.37. The van der Waals surface area contributed by atoms with E-state index >= 15 is 0 Å². The Morgan fingerprint density at radius 3 is 2.54 bits per heavy atom. The zero-order valence-electron chi connectivity index (χ0n) is 13.3. The van der Waals surface area contributed by atoms with Crippen LogP contribution in [0.5, 0.6) is 0 Å². The van der Waals surface area contributed by atoms with Crippen LogP contribution in [0.25, 0.3) is 10.6 Å². The molecule has 0 radical (unpaired) electrons. The Morgan fingerprint density at radius 2 is 1.88 bits per heavy atom. The molecule has 8 heteroatoms. The van der Waals surface area contributed by atoms with E-state index in [0.29, 0.717) is 15.6 Å². The largest absolute Gasteiger partial charge is 0.451 e. The van der Waals surface area contributed by atoms with Crippen LogP contribution in [0, 0.1) is 6.92 Å². The summed E-state index contributed by atoms with van der Waals surface area (Å²) in [7, 11) is 1.46. The Bertz CT molecular complexity index is 743. The van der Waals surface area contributed by atoms with Crippen molar-refractivity contribution in [3.05, 3.63) is 40.9 Å². The van der Waals surface area contributed by atoms with Crippen molar-refractivity contribution in [2.24, 2.45) is 0 Å². The first-order chi connectivity index (χ1) is 11.5. The molecule has 0 bridgehead atoms. The Labute approximate surface area is 143 Å². The quantitative estimate of drug-likeness (QED) is 0.764. The van der Waals surface area contributed by atoms with Gasteiger partial charge in [-0.25, -0.2) is 9.78 Å². The molecule has 24 heavy (non-hydrogen) atoms. The smallest absolute Gasteiger partial charge is 0.350 e. The van der Waals surface area contributed by atoms with Crippen LogP contribution in [0.4, 0.5) is 0 Å². The van der Waals surface area contributed by atoms with Gasteiger partial charge in [0.1, 0.15) is 9.88 Å². The fourth-order valence-electron chi connectivity index (χ4n) is 1.80. The Balaban J connectivity index is 1.94. The van der Waals surface area contributed by atoms with Gasteiger partial charge >= 0.3 is 5.97 Å². The van der Waals surface area contributed by atoms with E-state index in [9.17, 15) is 14.4 Å². The van der Waals surface area contributed by atoms with Crippen LogP contribution in [0.15, 0.2) is 30.3 Å². The summed E-state index contributed by atoms with van der Waals surface area (Å²) in [4.78, 5) is 39.4. The topological polar surface area (TPSA) is 97.4 Å². The third-order valence-corrected chi connectivity index (χ3v) is 4.25. The molecule has 0 saturated heterocycles. The number of esters is 1. The highest BCUT2D eigenvalue weighted by Gasteiger charge is 2.18. The summed E-state index contributed by atoms with van der Waals surface area (Å²) in [6, 6.07) is 9.48. The van der Waals surface area contributed by atoms with Gasteiger partial charge in [-0.1, -0.05) is 30.3 Å². The summed E-state index contributed by atoms with van der Waals surface area (Å²) in [5, 5.41) is 5.43. The molecule has 0 aliphatic rings. The Hall–Kier alpha value is -2.74. The van der Waals surface area contributed by atoms with E-state index in [1.54, 1.807) is 6.92 Å². The van der Waals surface area contributed by atoms with Gasteiger partial charge in [-0.2, -0.15) is 0 Å². The van der Waals surface area contributed by atoms with Crippen LogP contribution in [-0.4, -0.2) is 43.0 Å². The lowest BCUT2D eigenvalue weighted by molar-refractivity contribution is -0.127. The zero-order valence-corrected chi connectivity index (χ0v) is 14.1. The normalized spacial score (nSPS) is 10.1. The van der Waals surface area contributed by atoms with Crippen molar-refractivity contribution in [2.75, 3.05) is 20.2 Å². The van der Waals surface area contributed by atoms with E-state index in [4.69, 9.17) is 4.74 Å². The molecule has 2 aromatic rings. The predicted octanol–water partition coefficient (Wildman–Crippen LogP) is 1.14. The molecule has 0 aliphatic carbocycles. The molecule has 1 aromatic carbocycles. The molecule has 0 saturated carbocycles. The predicted molar refractivity (Wildman–Crippen MR) is 89.6 cm³/mol. The van der Waals surface area contributed by atoms with Gasteiger partial charge in [0, 0.05) is 12.6 Å². The number of nitrogens with one attached hydrogen (secondary N) is 2. The number of amides is 2. The molecular formula is C16H17N3O4S. The number of aromatic nitrogens is 1. The summed E-state index contributed by atoms with van der Waals surface area (Å²) < 4.78 is 4.97. The summed E-state index contributed by atoms with van der Waals surface area (Å²) in [5.41, 5.74) is 1.46. The molecule has 0 atom stereocenters. The second-order valence-electron chi connectivity index (χ2n) is 4.83. The average Bonchev–Trinajstić information content (AvgIpc) is 3.00. The van der Waals surface area contributed by atoms with Gasteiger partial charge in [0.2, 0.25) is 5.91 Å². The maximum Gasteiger partial charge on any atom is 0.350 e. The van der Waals surface area contributed by atoms with Crippen molar-refractivity contribution >= 4 is 29.1 Å². The molecule has 0 fully saturated rings. The van der Waals surface area contributed by atoms with Crippen molar-refractivity contribution in [3.63, 3.8) is 0 Å². The molecule has 1 aromatic heterocycles. The number of rotatable bonds is 6. The summed E-state index contributed by atoms with van der Waals surface area (Å²) in [5.74, 6) is -1.49. The minimum absolute atomic E-state index is 0.162. The lowest BCUT2D eigenvalue weighted by atomic mass is 10.2. The van der Waals surface area contributed by atoms with Crippen LogP contribution in [0.3, 0.4) is 0 Å². The minimum atomic E-state index is -0.609. The number of likely N-dealkylation sites (N-methyl/N-ethyl adjacent to an activating group) is 1. The summed E-state index contributed by atoms with van der Waals surface area (Å²) >= 11 is 1.21. The minimum Gasteiger partial charge on any atom is -0.451 e. The number of benzene rings is 1. The number of ether oxygens (including phenoxy) is 1. The van der Waals surface area contributed by atoms with Gasteiger partial charge in [-0.15, -0.1) is 11.3 Å². The van der Waals surface area contributed by atoms with E-state index < -0.39 is 18.5 Å². The number of hydrogen-bond donors (Lipinski definition) is 2. The molecular weight excluding hydrogens is 330 g/mol. The maximum absolute atomic E-state index is 12.1. The van der Waals surface area contributed by atoms with Crippen LogP contribution < -0.4 is 10.6 Å². The number of aryl methyl sites for hydroxylation is 1. The fourth-order valence-corrected chi connectivity index (χ4v) is 2.77. The molecule has 7 nitrogen and oxygen atoms in total. The molecule has 2 N–H and O–H groups in total. The molecule has 1 heterocycles. The highest BCUT2D eigenvalue weighted by Crippen LogP contribution is 2.28. The van der Waals surface area contributed by atoms with Crippen LogP contribution in [-0.2, 0) is 14.3 Å². The highest BCUT2D eigenvalue weighted by atomic mass is 32.1. The van der Waals surface area contributed by atoms with Crippen LogP contribution in [0.2, 0.25) is 0 Å². The lowest BCUT2D eigenvalue weighted by Gasteiger charge is -2.05. The maximum atomic E-state index is 12.1. The average molecular weight is 347 g/mol. The van der Waals surface area contributed by atoms with Crippen LogP contribution >= 0.6 is 11.3 Å². The number of thiazole rings is 1. The number of carbonyl (C=O) groups excluding carboxylic acids is 3. The molecule has 2 amide bonds. The third-order valence-electron chi connectivity index (χ3n) is 3.06. The van der Waals surface area contributed by atoms with Crippen molar-refractivity contribution in [3.8, 4) is 10.6 Å². The van der Waals surface area contributed by atoms with E-state index in [1.165, 1.54) is 18.4 Å². The monoisotopic (exact) mass is 347 g/mol. The van der Waals surface area contributed by atoms with E-state index in [1.807, 2.05) is 30.3 Å². The van der Waals surface area contributed by atoms with Crippen molar-refractivity contribution in [1.82, 2.24) is 15.6 Å². The standard InChI is InChI=1S/C16H17N3O4S/c1-10-14(24-15(19-10)11-6-4-3-5-7-11)16(22)23-9-13(21)18-8-12(20)17-2/h3-7H,8-9H2,1-2H3,(H,17,20)(H,18,21). The van der Waals surface area contributed by atoms with Crippen molar-refractivity contribution < 1.29 is 19.1 Å². The Morgan fingerprint density at radius 1 is 1.17 bits per heavy atom. The zero-order chi connectivity index (χ0) is 17.5. The molecule has 0 unspecified atom stereocenters. The third kappa shape index (κ3) is 4.63. The first-order valence-corrected chi connectivity index (χ1v) is 8.00. The summed E-state index contributed by atoms with van der Waals surface area (Å²) in [6.07, 6.45) is 0. The van der Waals surface area contributed by atoms with Gasteiger partial charge in [0.05, 0.1) is 12.2 Å². The second kappa shape index (κ2) is 8.21. The van der Waals surface area contributed by atoms with Crippen LogP contribution in [0.1, 0.15) is 15.4 Å². The van der Waals surface area contributed by atoms with E-state index in [2.05, 4.69) is 15.6 Å². The second-order valence-corrected chi connectivity index (χ2v) is 5.82. The van der Waals surface area contributed by atoms with Gasteiger partial charge in [0.15, 0.2) is 6.61 Å². The van der Waals surface area contributed by atoms with Crippen molar-refractivity contribution in [1.29, 1.82) is 0 Å². The van der Waals surface area contributed by atoms with Gasteiger partial charge < -0.3 is 15.4 Å². The molecule has 126 valence electrons. The van der Waals surface area contributed by atoms with Crippen molar-refractivity contribution in [2.45, 2.75) is 6.92 Å². The van der Waals surface area contributed by atoms with E-state index in [-0.39, 0.29) is 12.5 Å². The number of nitrogens with zero attached hydrogens (tertiary/aromatic N) is 1. The van der Waals surface area contributed by atoms with Gasteiger partial charge in [-0.3, -0.25) is 9.59 Å². The Kier molecular flexibility index (Phi) is 6.02. The molecule has 2 rings (SSSR count). The summed E-state index contributed by atoms with van der Waals surface area (Å²) in [6.45, 7) is 1.10. The SMILES string of the molecule is CNC(=O)CNC(=O)COC(=O)c1sc(-c2ccccc2)nc1C. The number of carbonyl (C=O) groups is 3. The fraction of sp³-hybridized carbons (Fsp3) is 0.250. The van der Waals surface area contributed by atoms with Gasteiger partial charge in [0.25, 0.3) is 5.91 Å². The first kappa shape index (κ1) is 17.6. The first-order valence-electron chi connectivity index (χ1n) is 7.18. The van der Waals surface area contributed by atoms with E-state index in [0.717, 1.165) is 5.56 Å². The molecule has 0 aliphatic heterocycles. The highest BCUT2D eigenvalue weighted by molar-refractivity contribution is 7.17. The molecule has 0 spiro atoms. The van der Waals surface area contributed by atoms with Gasteiger partial charge in [-0.05, 0) is 6.92 Å².